The highest BCUT2D eigenvalue weighted by molar-refractivity contribution is 5.82. The Kier molecular flexibility index (Phi) is 2.44. The first-order valence-electron chi connectivity index (χ1n) is 3.89. The van der Waals surface area contributed by atoms with Crippen molar-refractivity contribution in [1.29, 1.82) is 0 Å². The van der Waals surface area contributed by atoms with Gasteiger partial charge in [0.1, 0.15) is 5.78 Å². The molecule has 0 aromatic rings. The maximum atomic E-state index is 11.1. The van der Waals surface area contributed by atoms with Gasteiger partial charge in [-0.15, -0.1) is 0 Å². The minimum absolute atomic E-state index is 0.0417. The van der Waals surface area contributed by atoms with Gasteiger partial charge in [0, 0.05) is 12.3 Å². The lowest BCUT2D eigenvalue weighted by molar-refractivity contribution is -0.127. The van der Waals surface area contributed by atoms with E-state index in [-0.39, 0.29) is 18.3 Å². The van der Waals surface area contributed by atoms with Crippen LogP contribution in [0.3, 0.4) is 0 Å². The average molecular weight is 142 g/mol. The molecule has 2 heteroatoms. The van der Waals surface area contributed by atoms with Gasteiger partial charge in [0.05, 0.1) is 6.61 Å². The molecule has 0 saturated heterocycles. The summed E-state index contributed by atoms with van der Waals surface area (Å²) in [6, 6.07) is 0. The van der Waals surface area contributed by atoms with E-state index in [1.807, 2.05) is 6.92 Å². The first-order valence-corrected chi connectivity index (χ1v) is 3.89. The summed E-state index contributed by atoms with van der Waals surface area (Å²) >= 11 is 0. The Morgan fingerprint density at radius 3 is 2.80 bits per heavy atom. The number of carbonyl (C=O) groups is 1. The quantitative estimate of drug-likeness (QED) is 0.592. The number of aliphatic hydroxyl groups is 1. The molecule has 1 aliphatic carbocycles. The maximum absolute atomic E-state index is 11.1. The second-order valence-corrected chi connectivity index (χ2v) is 3.12. The molecule has 0 aromatic heterocycles. The van der Waals surface area contributed by atoms with Gasteiger partial charge in [-0.25, -0.2) is 0 Å². The Labute approximate surface area is 61.2 Å². The molecule has 0 aliphatic heterocycles. The molecule has 0 radical (unpaired) electrons. The average Bonchev–Trinajstić information content (AvgIpc) is 1.88. The van der Waals surface area contributed by atoms with Crippen molar-refractivity contribution in [3.05, 3.63) is 0 Å². The number of ketones is 1. The van der Waals surface area contributed by atoms with Gasteiger partial charge in [-0.1, -0.05) is 6.92 Å². The Hall–Kier alpha value is -0.370. The van der Waals surface area contributed by atoms with E-state index in [0.717, 1.165) is 12.8 Å². The van der Waals surface area contributed by atoms with Gasteiger partial charge in [0.15, 0.2) is 0 Å². The Bertz CT molecular complexity index is 131. The number of hydrogen-bond acceptors (Lipinski definition) is 2. The topological polar surface area (TPSA) is 37.3 Å². The van der Waals surface area contributed by atoms with Crippen LogP contribution in [0, 0.1) is 11.8 Å². The van der Waals surface area contributed by atoms with Crippen LogP contribution in [0.2, 0.25) is 0 Å². The highest BCUT2D eigenvalue weighted by atomic mass is 16.3. The Morgan fingerprint density at radius 2 is 2.40 bits per heavy atom. The van der Waals surface area contributed by atoms with E-state index in [1.54, 1.807) is 0 Å². The maximum Gasteiger partial charge on any atom is 0.138 e. The minimum Gasteiger partial charge on any atom is -0.396 e. The fourth-order valence-corrected chi connectivity index (χ4v) is 1.58. The second-order valence-electron chi connectivity index (χ2n) is 3.12. The molecule has 1 N–H and O–H groups in total. The molecule has 58 valence electrons. The Morgan fingerprint density at radius 1 is 1.70 bits per heavy atom. The largest absolute Gasteiger partial charge is 0.396 e. The lowest BCUT2D eigenvalue weighted by atomic mass is 9.80. The van der Waals surface area contributed by atoms with Crippen LogP contribution in [0.25, 0.3) is 0 Å². The summed E-state index contributed by atoms with van der Waals surface area (Å²) in [5.74, 6) is 0.584. The van der Waals surface area contributed by atoms with Crippen molar-refractivity contribution in [2.24, 2.45) is 11.8 Å². The van der Waals surface area contributed by atoms with Gasteiger partial charge in [-0.05, 0) is 18.8 Å². The van der Waals surface area contributed by atoms with Gasteiger partial charge < -0.3 is 5.11 Å². The number of hydrogen-bond donors (Lipinski definition) is 1. The molecule has 0 unspecified atom stereocenters. The number of Topliss-reactive ketones (excluding diaryl/α,β-unsaturated/α-hetero) is 1. The van der Waals surface area contributed by atoms with Crippen molar-refractivity contribution < 1.29 is 9.90 Å². The zero-order valence-corrected chi connectivity index (χ0v) is 6.34. The van der Waals surface area contributed by atoms with Crippen molar-refractivity contribution in [2.45, 2.75) is 26.2 Å². The van der Waals surface area contributed by atoms with Gasteiger partial charge in [-0.3, -0.25) is 4.79 Å². The highest BCUT2D eigenvalue weighted by Crippen LogP contribution is 2.25. The van der Waals surface area contributed by atoms with E-state index in [2.05, 4.69) is 0 Å². The van der Waals surface area contributed by atoms with E-state index < -0.39 is 0 Å². The van der Waals surface area contributed by atoms with Crippen LogP contribution in [0.15, 0.2) is 0 Å². The third kappa shape index (κ3) is 1.37. The van der Waals surface area contributed by atoms with Crippen LogP contribution in [0.1, 0.15) is 26.2 Å². The number of aliphatic hydroxyl groups excluding tert-OH is 1. The summed E-state index contributed by atoms with van der Waals surface area (Å²) in [5.41, 5.74) is 0. The highest BCUT2D eigenvalue weighted by Gasteiger charge is 2.27. The van der Waals surface area contributed by atoms with Gasteiger partial charge >= 0.3 is 0 Å². The molecule has 0 bridgehead atoms. The fraction of sp³-hybridized carbons (Fsp3) is 0.875. The van der Waals surface area contributed by atoms with Crippen LogP contribution in [-0.2, 0) is 4.79 Å². The summed E-state index contributed by atoms with van der Waals surface area (Å²) < 4.78 is 0. The molecule has 10 heavy (non-hydrogen) atoms. The van der Waals surface area contributed by atoms with Gasteiger partial charge in [-0.2, -0.15) is 0 Å². The minimum atomic E-state index is -0.0613. The predicted molar refractivity (Wildman–Crippen MR) is 38.6 cm³/mol. The summed E-state index contributed by atoms with van der Waals surface area (Å²) in [7, 11) is 0. The van der Waals surface area contributed by atoms with Crippen LogP contribution in [0.5, 0.6) is 0 Å². The molecule has 0 aromatic carbocycles. The zero-order chi connectivity index (χ0) is 7.56. The fourth-order valence-electron chi connectivity index (χ4n) is 1.58. The number of rotatable bonds is 1. The molecule has 2 atom stereocenters. The van der Waals surface area contributed by atoms with Crippen molar-refractivity contribution in [3.8, 4) is 0 Å². The molecule has 1 rings (SSSR count). The summed E-state index contributed by atoms with van der Waals surface area (Å²) in [6.45, 7) is 2.08. The van der Waals surface area contributed by atoms with E-state index in [9.17, 15) is 4.79 Å². The van der Waals surface area contributed by atoms with Crippen LogP contribution in [0.4, 0.5) is 0 Å². The van der Waals surface area contributed by atoms with Crippen molar-refractivity contribution in [2.75, 3.05) is 6.61 Å². The summed E-state index contributed by atoms with van der Waals surface area (Å²) in [6.07, 6.45) is 2.78. The van der Waals surface area contributed by atoms with Crippen molar-refractivity contribution in [3.63, 3.8) is 0 Å². The molecule has 1 saturated carbocycles. The third-order valence-corrected chi connectivity index (χ3v) is 2.38. The van der Waals surface area contributed by atoms with Crippen LogP contribution in [-0.4, -0.2) is 17.5 Å². The van der Waals surface area contributed by atoms with Crippen molar-refractivity contribution in [1.82, 2.24) is 0 Å². The normalized spacial score (nSPS) is 34.4. The zero-order valence-electron chi connectivity index (χ0n) is 6.34. The molecule has 1 aliphatic rings. The lowest BCUT2D eigenvalue weighted by Gasteiger charge is -2.25. The van der Waals surface area contributed by atoms with E-state index in [1.165, 1.54) is 0 Å². The van der Waals surface area contributed by atoms with Crippen molar-refractivity contribution >= 4 is 5.78 Å². The SMILES string of the molecule is C[C@@H]1CCCC(=O)[C@@H]1CO. The standard InChI is InChI=1S/C8H14O2/c1-6-3-2-4-8(10)7(6)5-9/h6-7,9H,2-5H2,1H3/t6-,7-/m1/s1. The van der Waals surface area contributed by atoms with Gasteiger partial charge in [0.2, 0.25) is 0 Å². The molecule has 0 spiro atoms. The first kappa shape index (κ1) is 7.73. The molecule has 0 amide bonds. The van der Waals surface area contributed by atoms with E-state index >= 15 is 0 Å². The summed E-state index contributed by atoms with van der Waals surface area (Å²) in [4.78, 5) is 11.1. The van der Waals surface area contributed by atoms with Gasteiger partial charge in [0.25, 0.3) is 0 Å². The molecule has 1 fully saturated rings. The third-order valence-electron chi connectivity index (χ3n) is 2.38. The predicted octanol–water partition coefficient (Wildman–Crippen LogP) is 0.984. The van der Waals surface area contributed by atoms with E-state index in [0.29, 0.717) is 12.3 Å². The molecule has 2 nitrogen and oxygen atoms in total. The molecular formula is C8H14O2. The molecule has 0 heterocycles. The van der Waals surface area contributed by atoms with Crippen LogP contribution < -0.4 is 0 Å². The lowest BCUT2D eigenvalue weighted by Crippen LogP contribution is -2.29. The summed E-state index contributed by atoms with van der Waals surface area (Å²) in [5, 5.41) is 8.81. The molecular weight excluding hydrogens is 128 g/mol. The van der Waals surface area contributed by atoms with Crippen LogP contribution >= 0.6 is 0 Å². The smallest absolute Gasteiger partial charge is 0.138 e. The van der Waals surface area contributed by atoms with E-state index in [4.69, 9.17) is 5.11 Å². The monoisotopic (exact) mass is 142 g/mol. The Balaban J connectivity index is 2.53. The first-order chi connectivity index (χ1) is 4.75. The number of carbonyl (C=O) groups excluding carboxylic acids is 1. The second kappa shape index (κ2) is 3.15.